The van der Waals surface area contributed by atoms with E-state index in [0.29, 0.717) is 19.3 Å². The molecule has 5 nitrogen and oxygen atoms in total. The molecule has 0 aromatic rings. The zero-order valence-electron chi connectivity index (χ0n) is 15.4. The molecule has 2 aliphatic rings. The maximum atomic E-state index is 12.0. The second-order valence-electron chi connectivity index (χ2n) is 8.46. The molecule has 140 valence electrons. The third kappa shape index (κ3) is 3.66. The molecule has 0 aromatic heterocycles. The molecule has 0 heterocycles. The normalized spacial score (nSPS) is 39.0. The Labute approximate surface area is 149 Å². The van der Waals surface area contributed by atoms with Crippen molar-refractivity contribution in [3.05, 3.63) is 23.8 Å². The third-order valence-corrected chi connectivity index (χ3v) is 6.63. The van der Waals surface area contributed by atoms with E-state index in [2.05, 4.69) is 13.5 Å². The van der Waals surface area contributed by atoms with Crippen LogP contribution in [0.5, 0.6) is 0 Å². The molecule has 0 unspecified atom stereocenters. The molecule has 25 heavy (non-hydrogen) atoms. The second kappa shape index (κ2) is 6.94. The van der Waals surface area contributed by atoms with Crippen molar-refractivity contribution in [2.24, 2.45) is 22.7 Å². The van der Waals surface area contributed by atoms with E-state index in [0.717, 1.165) is 30.4 Å². The van der Waals surface area contributed by atoms with Gasteiger partial charge in [-0.2, -0.15) is 0 Å². The molecule has 5 atom stereocenters. The van der Waals surface area contributed by atoms with E-state index in [9.17, 15) is 19.8 Å². The maximum Gasteiger partial charge on any atom is 0.328 e. The number of hydrogen-bond donors (Lipinski definition) is 3. The van der Waals surface area contributed by atoms with Gasteiger partial charge in [0.05, 0.1) is 11.5 Å². The number of aliphatic carboxylic acids is 2. The quantitative estimate of drug-likeness (QED) is 0.520. The van der Waals surface area contributed by atoms with Crippen LogP contribution in [0.4, 0.5) is 0 Å². The Morgan fingerprint density at radius 1 is 1.28 bits per heavy atom. The number of rotatable bonds is 5. The van der Waals surface area contributed by atoms with Crippen molar-refractivity contribution >= 4 is 11.9 Å². The Morgan fingerprint density at radius 2 is 1.92 bits per heavy atom. The molecular weight excluding hydrogens is 320 g/mol. The van der Waals surface area contributed by atoms with Gasteiger partial charge in [-0.3, -0.25) is 4.79 Å². The van der Waals surface area contributed by atoms with Crippen LogP contribution in [0.25, 0.3) is 0 Å². The fourth-order valence-corrected chi connectivity index (χ4v) is 5.51. The number of aliphatic hydroxyl groups excluding tert-OH is 1. The molecule has 2 saturated carbocycles. The van der Waals surface area contributed by atoms with Crippen LogP contribution in [-0.2, 0) is 9.59 Å². The highest BCUT2D eigenvalue weighted by Crippen LogP contribution is 2.62. The topological polar surface area (TPSA) is 94.8 Å². The highest BCUT2D eigenvalue weighted by molar-refractivity contribution is 5.80. The molecule has 3 N–H and O–H groups in total. The molecule has 0 spiro atoms. The number of aliphatic hydroxyl groups is 1. The minimum atomic E-state index is -0.949. The Kier molecular flexibility index (Phi) is 5.47. The van der Waals surface area contributed by atoms with Gasteiger partial charge in [-0.05, 0) is 69.6 Å². The summed E-state index contributed by atoms with van der Waals surface area (Å²) in [4.78, 5) is 22.8. The predicted molar refractivity (Wildman–Crippen MR) is 95.1 cm³/mol. The van der Waals surface area contributed by atoms with E-state index in [-0.39, 0.29) is 17.3 Å². The molecule has 2 aliphatic carbocycles. The first kappa shape index (κ1) is 19.7. The lowest BCUT2D eigenvalue weighted by atomic mass is 9.46. The number of hydrogen-bond acceptors (Lipinski definition) is 3. The summed E-state index contributed by atoms with van der Waals surface area (Å²) in [6.07, 6.45) is 4.42. The van der Waals surface area contributed by atoms with Gasteiger partial charge >= 0.3 is 11.9 Å². The summed E-state index contributed by atoms with van der Waals surface area (Å²) in [5, 5.41) is 29.1. The van der Waals surface area contributed by atoms with Crippen molar-refractivity contribution in [1.29, 1.82) is 0 Å². The Balaban J connectivity index is 2.31. The average molecular weight is 350 g/mol. The van der Waals surface area contributed by atoms with Gasteiger partial charge in [0, 0.05) is 6.08 Å². The van der Waals surface area contributed by atoms with E-state index in [1.54, 1.807) is 13.8 Å². The van der Waals surface area contributed by atoms with E-state index in [1.807, 2.05) is 0 Å². The summed E-state index contributed by atoms with van der Waals surface area (Å²) in [5.74, 6) is -1.71. The maximum absolute atomic E-state index is 12.0. The minimum Gasteiger partial charge on any atom is -0.481 e. The van der Waals surface area contributed by atoms with E-state index in [4.69, 9.17) is 5.11 Å². The summed E-state index contributed by atoms with van der Waals surface area (Å²) in [6, 6.07) is 0. The summed E-state index contributed by atoms with van der Waals surface area (Å²) in [5.41, 5.74) is 0.633. The van der Waals surface area contributed by atoms with Crippen LogP contribution in [0.2, 0.25) is 0 Å². The first-order valence-corrected chi connectivity index (χ1v) is 9.00. The van der Waals surface area contributed by atoms with Crippen LogP contribution < -0.4 is 0 Å². The molecule has 0 aliphatic heterocycles. The Morgan fingerprint density at radius 3 is 2.48 bits per heavy atom. The second-order valence-corrected chi connectivity index (χ2v) is 8.46. The molecule has 2 fully saturated rings. The molecule has 5 heteroatoms. The fraction of sp³-hybridized carbons (Fsp3) is 0.700. The average Bonchev–Trinajstić information content (AvgIpc) is 2.44. The number of carbonyl (C=O) groups is 2. The minimum absolute atomic E-state index is 0.0137. The predicted octanol–water partition coefficient (Wildman–Crippen LogP) is 3.63. The first-order valence-electron chi connectivity index (χ1n) is 9.00. The van der Waals surface area contributed by atoms with Gasteiger partial charge in [0.25, 0.3) is 0 Å². The number of allylic oxidation sites excluding steroid dienone is 2. The van der Waals surface area contributed by atoms with E-state index >= 15 is 0 Å². The molecule has 2 rings (SSSR count). The van der Waals surface area contributed by atoms with Crippen LogP contribution in [0, 0.1) is 22.7 Å². The summed E-state index contributed by atoms with van der Waals surface area (Å²) >= 11 is 0. The van der Waals surface area contributed by atoms with Crippen LogP contribution >= 0.6 is 0 Å². The van der Waals surface area contributed by atoms with Gasteiger partial charge in [0.1, 0.15) is 0 Å². The van der Waals surface area contributed by atoms with E-state index in [1.165, 1.54) is 6.08 Å². The van der Waals surface area contributed by atoms with Gasteiger partial charge in [0.15, 0.2) is 0 Å². The van der Waals surface area contributed by atoms with Crippen LogP contribution in [-0.4, -0.2) is 33.4 Å². The van der Waals surface area contributed by atoms with Crippen molar-refractivity contribution in [2.45, 2.75) is 65.4 Å². The van der Waals surface area contributed by atoms with Crippen molar-refractivity contribution in [3.8, 4) is 0 Å². The highest BCUT2D eigenvalue weighted by atomic mass is 16.4. The lowest BCUT2D eigenvalue weighted by Crippen LogP contribution is -2.56. The van der Waals surface area contributed by atoms with Gasteiger partial charge in [0.2, 0.25) is 0 Å². The lowest BCUT2D eigenvalue weighted by Gasteiger charge is -2.58. The van der Waals surface area contributed by atoms with Crippen molar-refractivity contribution in [3.63, 3.8) is 0 Å². The van der Waals surface area contributed by atoms with Gasteiger partial charge in [-0.15, -0.1) is 0 Å². The zero-order chi connectivity index (χ0) is 19.0. The zero-order valence-corrected chi connectivity index (χ0v) is 15.4. The van der Waals surface area contributed by atoms with Crippen LogP contribution in [0.1, 0.15) is 59.3 Å². The third-order valence-electron chi connectivity index (χ3n) is 6.63. The Bertz CT molecular complexity index is 607. The summed E-state index contributed by atoms with van der Waals surface area (Å²) < 4.78 is 0. The molecule has 0 bridgehead atoms. The first-order chi connectivity index (χ1) is 11.5. The summed E-state index contributed by atoms with van der Waals surface area (Å²) in [6.45, 7) is 9.88. The molecule has 0 amide bonds. The van der Waals surface area contributed by atoms with Gasteiger partial charge < -0.3 is 15.3 Å². The monoisotopic (exact) mass is 350 g/mol. The number of fused-ring (bicyclic) bond motifs is 1. The van der Waals surface area contributed by atoms with Crippen molar-refractivity contribution in [2.75, 3.05) is 0 Å². The molecule has 0 aromatic carbocycles. The van der Waals surface area contributed by atoms with Crippen LogP contribution in [0.15, 0.2) is 23.8 Å². The fourth-order valence-electron chi connectivity index (χ4n) is 5.51. The van der Waals surface area contributed by atoms with Crippen molar-refractivity contribution < 1.29 is 24.9 Å². The molecular formula is C20H30O5. The molecule has 0 radical (unpaired) electrons. The SMILES string of the molecule is C=C1CC[C@@H]2[C@@](C)(C[C@@H](O)C[C@@]2(C)C(=O)O)[C@H]1CC/C(C)=C/C(=O)O. The lowest BCUT2D eigenvalue weighted by molar-refractivity contribution is -0.173. The number of carboxylic acid groups (broad SMARTS) is 2. The molecule has 0 saturated heterocycles. The van der Waals surface area contributed by atoms with Gasteiger partial charge in [-0.1, -0.05) is 24.6 Å². The summed E-state index contributed by atoms with van der Waals surface area (Å²) in [7, 11) is 0. The smallest absolute Gasteiger partial charge is 0.328 e. The largest absolute Gasteiger partial charge is 0.481 e. The number of carboxylic acids is 2. The van der Waals surface area contributed by atoms with E-state index < -0.39 is 23.5 Å². The van der Waals surface area contributed by atoms with Gasteiger partial charge in [-0.25, -0.2) is 4.79 Å². The van der Waals surface area contributed by atoms with Crippen molar-refractivity contribution in [1.82, 2.24) is 0 Å². The Hall–Kier alpha value is -1.62. The highest BCUT2D eigenvalue weighted by Gasteiger charge is 2.59. The standard InChI is InChI=1S/C20H30O5/c1-12(9-17(22)23)5-7-15-13(2)6-8-16-19(15,3)10-14(21)11-20(16,4)18(24)25/h9,14-16,21H,2,5-8,10-11H2,1,3-4H3,(H,22,23)(H,24,25)/b12-9+/t14-,15+,16-,19+,20-/m1/s1. The van der Waals surface area contributed by atoms with Crippen LogP contribution in [0.3, 0.4) is 0 Å².